The molecule has 0 saturated carbocycles. The van der Waals surface area contributed by atoms with Crippen molar-refractivity contribution in [2.24, 2.45) is 0 Å². The number of esters is 1. The van der Waals surface area contributed by atoms with Crippen LogP contribution in [0.2, 0.25) is 0 Å². The van der Waals surface area contributed by atoms with Gasteiger partial charge < -0.3 is 22.0 Å². The Bertz CT molecular complexity index is 422. The molecule has 2 rings (SSSR count). The number of rotatable bonds is 7. The molecule has 3 nitrogen and oxygen atoms in total. The SMILES string of the molecule is CCCC1CCCC[NH+]1CCCOC(=O)c1ccccc1.[Cl-]. The summed E-state index contributed by atoms with van der Waals surface area (Å²) < 4.78 is 5.36. The van der Waals surface area contributed by atoms with Gasteiger partial charge in [0.05, 0.1) is 31.3 Å². The van der Waals surface area contributed by atoms with Crippen LogP contribution >= 0.6 is 0 Å². The molecule has 1 heterocycles. The highest BCUT2D eigenvalue weighted by molar-refractivity contribution is 5.89. The van der Waals surface area contributed by atoms with Crippen molar-refractivity contribution in [2.45, 2.75) is 51.5 Å². The van der Waals surface area contributed by atoms with Crippen LogP contribution in [0.3, 0.4) is 0 Å². The minimum absolute atomic E-state index is 0. The van der Waals surface area contributed by atoms with Crippen molar-refractivity contribution in [1.29, 1.82) is 0 Å². The third-order valence-corrected chi connectivity index (χ3v) is 4.40. The maximum Gasteiger partial charge on any atom is 0.338 e. The molecule has 0 amide bonds. The van der Waals surface area contributed by atoms with E-state index in [2.05, 4.69) is 6.92 Å². The smallest absolute Gasteiger partial charge is 0.338 e. The average molecular weight is 326 g/mol. The lowest BCUT2D eigenvalue weighted by Crippen LogP contribution is -3.16. The summed E-state index contributed by atoms with van der Waals surface area (Å²) in [5.74, 6) is -0.200. The monoisotopic (exact) mass is 325 g/mol. The molecule has 0 aromatic heterocycles. The van der Waals surface area contributed by atoms with Crippen molar-refractivity contribution in [3.63, 3.8) is 0 Å². The van der Waals surface area contributed by atoms with Gasteiger partial charge >= 0.3 is 5.97 Å². The number of benzene rings is 1. The van der Waals surface area contributed by atoms with Crippen molar-refractivity contribution in [1.82, 2.24) is 0 Å². The number of carbonyl (C=O) groups is 1. The lowest BCUT2D eigenvalue weighted by atomic mass is 9.98. The molecule has 2 atom stereocenters. The summed E-state index contributed by atoms with van der Waals surface area (Å²) in [6.07, 6.45) is 7.67. The molecular weight excluding hydrogens is 298 g/mol. The van der Waals surface area contributed by atoms with Crippen LogP contribution in [0.4, 0.5) is 0 Å². The Morgan fingerprint density at radius 1 is 1.27 bits per heavy atom. The zero-order valence-electron chi connectivity index (χ0n) is 13.5. The maximum absolute atomic E-state index is 11.8. The molecule has 1 aromatic rings. The van der Waals surface area contributed by atoms with E-state index in [4.69, 9.17) is 4.74 Å². The molecule has 124 valence electrons. The number of hydrogen-bond acceptors (Lipinski definition) is 2. The summed E-state index contributed by atoms with van der Waals surface area (Å²) in [7, 11) is 0. The predicted molar refractivity (Wildman–Crippen MR) is 84.6 cm³/mol. The van der Waals surface area contributed by atoms with Crippen LogP contribution in [-0.2, 0) is 4.74 Å². The van der Waals surface area contributed by atoms with Gasteiger partial charge in [-0.25, -0.2) is 4.79 Å². The Kier molecular flexibility index (Phi) is 9.17. The first-order chi connectivity index (χ1) is 10.3. The van der Waals surface area contributed by atoms with Gasteiger partial charge in [-0.15, -0.1) is 0 Å². The Balaban J connectivity index is 0.00000242. The fraction of sp³-hybridized carbons (Fsp3) is 0.611. The van der Waals surface area contributed by atoms with E-state index >= 15 is 0 Å². The van der Waals surface area contributed by atoms with Gasteiger partial charge in [0.2, 0.25) is 0 Å². The number of piperidine rings is 1. The van der Waals surface area contributed by atoms with Crippen LogP contribution in [0.15, 0.2) is 30.3 Å². The Labute approximate surface area is 140 Å². The zero-order chi connectivity index (χ0) is 14.9. The lowest BCUT2D eigenvalue weighted by molar-refractivity contribution is -0.931. The standard InChI is InChI=1S/C18H27NO2.ClH/c1-2-9-17-12-6-7-13-19(17)14-8-15-21-18(20)16-10-4-3-5-11-16;/h3-5,10-11,17H,2,6-9,12-15H2,1H3;1H. The van der Waals surface area contributed by atoms with E-state index in [1.807, 2.05) is 18.2 Å². The largest absolute Gasteiger partial charge is 1.00 e. The molecular formula is C18H28ClNO2. The first-order valence-electron chi connectivity index (χ1n) is 8.38. The zero-order valence-corrected chi connectivity index (χ0v) is 14.3. The van der Waals surface area contributed by atoms with Crippen molar-refractivity contribution in [3.05, 3.63) is 35.9 Å². The Hall–Kier alpha value is -1.06. The quantitative estimate of drug-likeness (QED) is 0.540. The number of carbonyl (C=O) groups excluding carboxylic acids is 1. The van der Waals surface area contributed by atoms with Crippen molar-refractivity contribution in [2.75, 3.05) is 19.7 Å². The van der Waals surface area contributed by atoms with Crippen LogP contribution in [0.1, 0.15) is 55.8 Å². The van der Waals surface area contributed by atoms with E-state index in [-0.39, 0.29) is 18.4 Å². The second-order valence-corrected chi connectivity index (χ2v) is 6.00. The Morgan fingerprint density at radius 3 is 2.77 bits per heavy atom. The number of hydrogen-bond donors (Lipinski definition) is 1. The first kappa shape index (κ1) is 19.0. The number of likely N-dealkylation sites (tertiary alicyclic amines) is 1. The summed E-state index contributed by atoms with van der Waals surface area (Å²) in [5, 5.41) is 0. The van der Waals surface area contributed by atoms with Crippen LogP contribution in [-0.4, -0.2) is 31.7 Å². The van der Waals surface area contributed by atoms with Gasteiger partial charge in [0.15, 0.2) is 0 Å². The highest BCUT2D eigenvalue weighted by Crippen LogP contribution is 2.08. The van der Waals surface area contributed by atoms with E-state index in [9.17, 15) is 4.79 Å². The molecule has 1 fully saturated rings. The van der Waals surface area contributed by atoms with Gasteiger partial charge in [0.25, 0.3) is 0 Å². The number of halogens is 1. The minimum atomic E-state index is -0.200. The fourth-order valence-electron chi connectivity index (χ4n) is 3.30. The van der Waals surface area contributed by atoms with E-state index in [0.717, 1.165) is 19.0 Å². The molecule has 1 saturated heterocycles. The summed E-state index contributed by atoms with van der Waals surface area (Å²) in [5.41, 5.74) is 0.645. The highest BCUT2D eigenvalue weighted by Gasteiger charge is 2.24. The van der Waals surface area contributed by atoms with Gasteiger partial charge in [-0.3, -0.25) is 0 Å². The molecule has 1 aliphatic heterocycles. The predicted octanol–water partition coefficient (Wildman–Crippen LogP) is -0.525. The summed E-state index contributed by atoms with van der Waals surface area (Å²) in [4.78, 5) is 13.6. The number of ether oxygens (including phenoxy) is 1. The Morgan fingerprint density at radius 2 is 2.05 bits per heavy atom. The number of nitrogens with one attached hydrogen (secondary N) is 1. The second kappa shape index (κ2) is 10.6. The molecule has 0 spiro atoms. The molecule has 1 N–H and O–H groups in total. The topological polar surface area (TPSA) is 30.7 Å². The second-order valence-electron chi connectivity index (χ2n) is 6.00. The third-order valence-electron chi connectivity index (χ3n) is 4.40. The lowest BCUT2D eigenvalue weighted by Gasteiger charge is -2.32. The average Bonchev–Trinajstić information content (AvgIpc) is 2.54. The molecule has 4 heteroatoms. The molecule has 1 aliphatic rings. The van der Waals surface area contributed by atoms with E-state index in [1.54, 1.807) is 17.0 Å². The van der Waals surface area contributed by atoms with Crippen LogP contribution in [0.5, 0.6) is 0 Å². The van der Waals surface area contributed by atoms with Crippen LogP contribution in [0.25, 0.3) is 0 Å². The van der Waals surface area contributed by atoms with Crippen LogP contribution in [0, 0.1) is 0 Å². The molecule has 22 heavy (non-hydrogen) atoms. The third kappa shape index (κ3) is 5.98. The minimum Gasteiger partial charge on any atom is -1.00 e. The number of quaternary nitrogens is 1. The van der Waals surface area contributed by atoms with Crippen LogP contribution < -0.4 is 17.3 Å². The van der Waals surface area contributed by atoms with Crippen molar-refractivity contribution in [3.8, 4) is 0 Å². The maximum atomic E-state index is 11.8. The summed E-state index contributed by atoms with van der Waals surface area (Å²) >= 11 is 0. The van der Waals surface area contributed by atoms with Gasteiger partial charge in [-0.05, 0) is 37.8 Å². The normalized spacial score (nSPS) is 21.0. The molecule has 0 aliphatic carbocycles. The van der Waals surface area contributed by atoms with E-state index < -0.39 is 0 Å². The van der Waals surface area contributed by atoms with Crippen molar-refractivity contribution < 1.29 is 26.8 Å². The summed E-state index contributed by atoms with van der Waals surface area (Å²) in [6, 6.07) is 10.1. The fourth-order valence-corrected chi connectivity index (χ4v) is 3.30. The van der Waals surface area contributed by atoms with Crippen molar-refractivity contribution >= 4 is 5.97 Å². The van der Waals surface area contributed by atoms with Gasteiger partial charge in [0, 0.05) is 6.42 Å². The van der Waals surface area contributed by atoms with E-state index in [0.29, 0.717) is 12.2 Å². The summed E-state index contributed by atoms with van der Waals surface area (Å²) in [6.45, 7) is 5.23. The highest BCUT2D eigenvalue weighted by atomic mass is 35.5. The molecule has 0 bridgehead atoms. The van der Waals surface area contributed by atoms with Gasteiger partial charge in [0.1, 0.15) is 0 Å². The molecule has 2 unspecified atom stereocenters. The first-order valence-corrected chi connectivity index (χ1v) is 8.38. The van der Waals surface area contributed by atoms with Gasteiger partial charge in [-0.1, -0.05) is 31.5 Å². The van der Waals surface area contributed by atoms with E-state index in [1.165, 1.54) is 38.6 Å². The molecule has 1 aromatic carbocycles. The molecule has 0 radical (unpaired) electrons. The van der Waals surface area contributed by atoms with Gasteiger partial charge in [-0.2, -0.15) is 0 Å².